The number of benzene rings is 2. The zero-order chi connectivity index (χ0) is 21.4. The van der Waals surface area contributed by atoms with Crippen molar-refractivity contribution in [2.75, 3.05) is 25.4 Å². The van der Waals surface area contributed by atoms with Gasteiger partial charge in [-0.05, 0) is 12.0 Å². The van der Waals surface area contributed by atoms with Crippen molar-refractivity contribution in [3.05, 3.63) is 76.2 Å². The lowest BCUT2D eigenvalue weighted by atomic mass is 9.90. The van der Waals surface area contributed by atoms with E-state index in [2.05, 4.69) is 4.90 Å². The Labute approximate surface area is 186 Å². The monoisotopic (exact) mass is 435 g/mol. The summed E-state index contributed by atoms with van der Waals surface area (Å²) in [4.78, 5) is 27.8. The van der Waals surface area contributed by atoms with E-state index in [1.54, 1.807) is 12.1 Å². The van der Waals surface area contributed by atoms with Gasteiger partial charge >= 0.3 is 0 Å². The first-order valence-corrected chi connectivity index (χ1v) is 11.7. The molecule has 2 aromatic carbocycles. The van der Waals surface area contributed by atoms with Crippen molar-refractivity contribution in [3.8, 4) is 0 Å². The summed E-state index contributed by atoms with van der Waals surface area (Å²) in [5.74, 6) is 0.362. The maximum Gasteiger partial charge on any atom is 0.243 e. The fourth-order valence-electron chi connectivity index (χ4n) is 4.65. The van der Waals surface area contributed by atoms with E-state index < -0.39 is 17.7 Å². The first kappa shape index (κ1) is 20.5. The normalized spacial score (nSPS) is 21.5. The molecule has 1 N–H and O–H groups in total. The van der Waals surface area contributed by atoms with Gasteiger partial charge in [0.15, 0.2) is 0 Å². The second kappa shape index (κ2) is 8.26. The van der Waals surface area contributed by atoms with E-state index in [4.69, 9.17) is 4.74 Å². The third-order valence-electron chi connectivity index (χ3n) is 6.38. The van der Waals surface area contributed by atoms with E-state index in [1.807, 2.05) is 42.5 Å². The number of allylic oxidation sites excluding steroid dienone is 1. The van der Waals surface area contributed by atoms with Crippen molar-refractivity contribution in [2.24, 2.45) is 0 Å². The van der Waals surface area contributed by atoms with Crippen LogP contribution in [0.3, 0.4) is 0 Å². The van der Waals surface area contributed by atoms with E-state index in [0.717, 1.165) is 37.1 Å². The number of aliphatic hydroxyl groups is 1. The highest BCUT2D eigenvalue weighted by Crippen LogP contribution is 2.47. The van der Waals surface area contributed by atoms with Crippen molar-refractivity contribution in [1.82, 2.24) is 4.90 Å². The predicted octanol–water partition coefficient (Wildman–Crippen LogP) is 3.32. The molecule has 2 aliphatic heterocycles. The first-order chi connectivity index (χ1) is 15.0. The summed E-state index contributed by atoms with van der Waals surface area (Å²) in [7, 11) is 0. The zero-order valence-electron chi connectivity index (χ0n) is 17.3. The second-order valence-electron chi connectivity index (χ2n) is 8.58. The van der Waals surface area contributed by atoms with Crippen LogP contribution < -0.4 is 0 Å². The Morgan fingerprint density at radius 1 is 0.968 bits per heavy atom. The fraction of sp³-hybridized carbons (Fsp3) is 0.360. The van der Waals surface area contributed by atoms with E-state index >= 15 is 0 Å². The molecule has 0 saturated carbocycles. The van der Waals surface area contributed by atoms with Crippen LogP contribution in [0.1, 0.15) is 34.3 Å². The van der Waals surface area contributed by atoms with E-state index in [1.165, 1.54) is 11.8 Å². The lowest BCUT2D eigenvalue weighted by molar-refractivity contribution is -0.111. The molecule has 1 spiro atoms. The van der Waals surface area contributed by atoms with Crippen molar-refractivity contribution < 1.29 is 19.4 Å². The van der Waals surface area contributed by atoms with Crippen LogP contribution in [0.2, 0.25) is 0 Å². The molecule has 0 aromatic heterocycles. The molecule has 3 aliphatic rings. The number of thioether (sulfide) groups is 1. The molecule has 2 aromatic rings. The molecule has 0 bridgehead atoms. The summed E-state index contributed by atoms with van der Waals surface area (Å²) in [6.07, 6.45) is 1.91. The van der Waals surface area contributed by atoms with Gasteiger partial charge in [0, 0.05) is 49.4 Å². The van der Waals surface area contributed by atoms with Gasteiger partial charge in [0.2, 0.25) is 11.6 Å². The maximum atomic E-state index is 12.6. The molecule has 0 radical (unpaired) electrons. The number of piperidine rings is 1. The number of β-amino-alcohol motifs (C(OH)–C–C–N with tert-alkyl or cyclic N) is 1. The van der Waals surface area contributed by atoms with E-state index in [0.29, 0.717) is 34.9 Å². The number of nitrogens with zero attached hydrogens (tertiary/aromatic N) is 1. The van der Waals surface area contributed by atoms with E-state index in [-0.39, 0.29) is 5.60 Å². The fourth-order valence-corrected chi connectivity index (χ4v) is 5.91. The quantitative estimate of drug-likeness (QED) is 0.744. The lowest BCUT2D eigenvalue weighted by Crippen LogP contribution is -2.50. The highest BCUT2D eigenvalue weighted by atomic mass is 32.2. The van der Waals surface area contributed by atoms with Crippen LogP contribution in [-0.2, 0) is 16.0 Å². The minimum absolute atomic E-state index is 0.335. The van der Waals surface area contributed by atoms with Crippen LogP contribution >= 0.6 is 11.8 Å². The molecular formula is C25H25NO4S. The molecule has 1 saturated heterocycles. The molecule has 6 heteroatoms. The Morgan fingerprint density at radius 3 is 2.39 bits per heavy atom. The van der Waals surface area contributed by atoms with E-state index in [9.17, 15) is 14.7 Å². The number of carbonyl (C=O) groups excluding carboxylic acids is 2. The standard InChI is InChI=1S/C25H25NO4S/c27-18(14-17-6-2-1-3-7-17)15-26-12-10-25(11-13-26)16-31-24-22(29)21(28)19-8-4-5-9-20(19)23(24)30-25/h1-9,18,27H,10-16H2/t18-/m1/s1. The van der Waals surface area contributed by atoms with Crippen molar-refractivity contribution in [3.63, 3.8) is 0 Å². The number of hydrogen-bond acceptors (Lipinski definition) is 6. The number of aliphatic hydroxyl groups excluding tert-OH is 1. The molecule has 5 nitrogen and oxygen atoms in total. The number of Topliss-reactive ketones (excluding diaryl/α,β-unsaturated/α-hetero) is 2. The number of ketones is 2. The van der Waals surface area contributed by atoms with Crippen molar-refractivity contribution in [2.45, 2.75) is 31.0 Å². The molecule has 2 heterocycles. The Balaban J connectivity index is 1.25. The van der Waals surface area contributed by atoms with Gasteiger partial charge < -0.3 is 14.7 Å². The molecular weight excluding hydrogens is 410 g/mol. The van der Waals surface area contributed by atoms with Gasteiger partial charge in [-0.25, -0.2) is 0 Å². The van der Waals surface area contributed by atoms with Gasteiger partial charge in [0.1, 0.15) is 16.3 Å². The summed E-state index contributed by atoms with van der Waals surface area (Å²) in [6, 6.07) is 17.3. The highest BCUT2D eigenvalue weighted by Gasteiger charge is 2.45. The molecule has 31 heavy (non-hydrogen) atoms. The average molecular weight is 436 g/mol. The van der Waals surface area contributed by atoms with Crippen LogP contribution in [-0.4, -0.2) is 58.7 Å². The summed E-state index contributed by atoms with van der Waals surface area (Å²) < 4.78 is 6.51. The third-order valence-corrected chi connectivity index (χ3v) is 7.71. The summed E-state index contributed by atoms with van der Waals surface area (Å²) in [5, 5.41) is 10.5. The Bertz CT molecular complexity index is 1040. The van der Waals surface area contributed by atoms with Gasteiger partial charge in [-0.3, -0.25) is 9.59 Å². The minimum atomic E-state index is -0.449. The third kappa shape index (κ3) is 3.95. The molecule has 1 atom stereocenters. The van der Waals surface area contributed by atoms with Crippen LogP contribution in [0.5, 0.6) is 0 Å². The van der Waals surface area contributed by atoms with Gasteiger partial charge in [0.05, 0.1) is 6.10 Å². The summed E-state index contributed by atoms with van der Waals surface area (Å²) >= 11 is 1.46. The number of fused-ring (bicyclic) bond motifs is 2. The molecule has 1 fully saturated rings. The highest BCUT2D eigenvalue weighted by molar-refractivity contribution is 8.04. The molecule has 5 rings (SSSR count). The number of ether oxygens (including phenoxy) is 1. The average Bonchev–Trinajstić information content (AvgIpc) is 2.80. The Morgan fingerprint density at radius 2 is 1.65 bits per heavy atom. The van der Waals surface area contributed by atoms with Gasteiger partial charge in [-0.1, -0.05) is 54.6 Å². The lowest BCUT2D eigenvalue weighted by Gasteiger charge is -2.45. The second-order valence-corrected chi connectivity index (χ2v) is 9.57. The number of rotatable bonds is 4. The minimum Gasteiger partial charge on any atom is -0.484 e. The predicted molar refractivity (Wildman–Crippen MR) is 121 cm³/mol. The molecule has 1 aliphatic carbocycles. The SMILES string of the molecule is O=C1C(=O)c2ccccc2C2=C1SCC1(CCN(C[C@H](O)Cc3ccccc3)CC1)O2. The van der Waals surface area contributed by atoms with Crippen molar-refractivity contribution >= 4 is 29.1 Å². The summed E-state index contributed by atoms with van der Waals surface area (Å²) in [6.45, 7) is 2.31. The van der Waals surface area contributed by atoms with Crippen LogP contribution in [0, 0.1) is 0 Å². The van der Waals surface area contributed by atoms with Crippen molar-refractivity contribution in [1.29, 1.82) is 0 Å². The number of hydrogen-bond donors (Lipinski definition) is 1. The number of carbonyl (C=O) groups is 2. The van der Waals surface area contributed by atoms with Gasteiger partial charge in [-0.15, -0.1) is 11.8 Å². The maximum absolute atomic E-state index is 12.6. The first-order valence-electron chi connectivity index (χ1n) is 10.7. The smallest absolute Gasteiger partial charge is 0.243 e. The molecule has 0 amide bonds. The van der Waals surface area contributed by atoms with Gasteiger partial charge in [0.25, 0.3) is 0 Å². The Hall–Kier alpha value is -2.41. The summed E-state index contributed by atoms with van der Waals surface area (Å²) in [5.41, 5.74) is 1.97. The van der Waals surface area contributed by atoms with Crippen LogP contribution in [0.15, 0.2) is 59.5 Å². The Kier molecular flexibility index (Phi) is 5.46. The zero-order valence-corrected chi connectivity index (χ0v) is 18.1. The van der Waals surface area contributed by atoms with Crippen LogP contribution in [0.25, 0.3) is 5.76 Å². The largest absolute Gasteiger partial charge is 0.484 e. The number of likely N-dealkylation sites (tertiary alicyclic amines) is 1. The molecule has 160 valence electrons. The van der Waals surface area contributed by atoms with Crippen LogP contribution in [0.4, 0.5) is 0 Å². The van der Waals surface area contributed by atoms with Gasteiger partial charge in [-0.2, -0.15) is 0 Å². The topological polar surface area (TPSA) is 66.8 Å². The molecule has 0 unspecified atom stereocenters.